The van der Waals surface area contributed by atoms with Gasteiger partial charge in [-0.2, -0.15) is 0 Å². The number of nitrogens with zero attached hydrogens (tertiary/aromatic N) is 1. The van der Waals surface area contributed by atoms with E-state index in [0.29, 0.717) is 29.6 Å². The van der Waals surface area contributed by atoms with Crippen molar-refractivity contribution >= 4 is 17.6 Å². The second kappa shape index (κ2) is 9.01. The molecule has 1 heterocycles. The summed E-state index contributed by atoms with van der Waals surface area (Å²) in [6.07, 6.45) is 5.99. The van der Waals surface area contributed by atoms with E-state index in [1.54, 1.807) is 13.2 Å². The zero-order valence-corrected chi connectivity index (χ0v) is 16.4. The molecule has 0 aliphatic carbocycles. The molecule has 1 N–H and O–H groups in total. The van der Waals surface area contributed by atoms with E-state index in [1.807, 2.05) is 41.3 Å². The average molecular weight is 400 g/mol. The van der Waals surface area contributed by atoms with E-state index in [2.05, 4.69) is 5.92 Å². The zero-order chi connectivity index (χ0) is 20.1. The number of aliphatic carboxylic acids is 1. The molecule has 146 valence electrons. The monoisotopic (exact) mass is 399 g/mol. The molecule has 2 aromatic rings. The summed E-state index contributed by atoms with van der Waals surface area (Å²) >= 11 is 5.94. The number of halogens is 1. The molecule has 0 spiro atoms. The van der Waals surface area contributed by atoms with Gasteiger partial charge >= 0.3 is 5.97 Å². The van der Waals surface area contributed by atoms with Crippen LogP contribution in [0, 0.1) is 12.3 Å². The zero-order valence-electron chi connectivity index (χ0n) is 15.6. The van der Waals surface area contributed by atoms with E-state index < -0.39 is 12.0 Å². The van der Waals surface area contributed by atoms with Crippen molar-refractivity contribution in [2.45, 2.75) is 24.9 Å². The Kier molecular flexibility index (Phi) is 6.45. The Labute approximate surface area is 169 Å². The van der Waals surface area contributed by atoms with Gasteiger partial charge in [0.15, 0.2) is 11.5 Å². The molecule has 0 bridgehead atoms. The van der Waals surface area contributed by atoms with Crippen LogP contribution >= 0.6 is 11.6 Å². The first-order chi connectivity index (χ1) is 13.5. The number of hydrogen-bond donors (Lipinski definition) is 1. The number of hydrogen-bond acceptors (Lipinski definition) is 4. The molecular weight excluding hydrogens is 378 g/mol. The molecule has 0 saturated carbocycles. The van der Waals surface area contributed by atoms with Crippen molar-refractivity contribution < 1.29 is 19.4 Å². The molecule has 6 heteroatoms. The van der Waals surface area contributed by atoms with E-state index in [-0.39, 0.29) is 12.5 Å². The first kappa shape index (κ1) is 20.1. The fourth-order valence-electron chi connectivity index (χ4n) is 3.69. The molecule has 1 unspecified atom stereocenters. The molecule has 0 radical (unpaired) electrons. The van der Waals surface area contributed by atoms with Crippen LogP contribution in [-0.2, 0) is 11.3 Å². The maximum absolute atomic E-state index is 12.1. The molecule has 2 aromatic carbocycles. The molecule has 0 aromatic heterocycles. The minimum atomic E-state index is -0.830. The molecule has 1 saturated heterocycles. The highest BCUT2D eigenvalue weighted by atomic mass is 35.5. The number of methoxy groups -OCH3 is 1. The number of rotatable bonds is 7. The van der Waals surface area contributed by atoms with Gasteiger partial charge in [-0.05, 0) is 41.8 Å². The number of ether oxygens (including phenoxy) is 2. The van der Waals surface area contributed by atoms with Gasteiger partial charge < -0.3 is 14.6 Å². The number of terminal acetylenes is 1. The van der Waals surface area contributed by atoms with Crippen LogP contribution in [0.15, 0.2) is 42.5 Å². The standard InChI is InChI=1S/C22H22ClNO4/c1-3-12-28-19-9-6-16(13-20(19)27-2)18-10-11-24(21(18)22(25)26)14-15-4-7-17(23)8-5-15/h1,4-9,13,18,21H,10-12,14H2,2H3,(H,25,26)/t18?,21-/m0/s1. The molecule has 0 amide bonds. The van der Waals surface area contributed by atoms with Crippen LogP contribution in [0.4, 0.5) is 0 Å². The fourth-order valence-corrected chi connectivity index (χ4v) is 3.81. The quantitative estimate of drug-likeness (QED) is 0.717. The molecule has 1 aliphatic heterocycles. The van der Waals surface area contributed by atoms with E-state index in [9.17, 15) is 9.90 Å². The average Bonchev–Trinajstić information content (AvgIpc) is 3.11. The van der Waals surface area contributed by atoms with Crippen LogP contribution in [0.2, 0.25) is 5.02 Å². The highest BCUT2D eigenvalue weighted by Gasteiger charge is 2.40. The van der Waals surface area contributed by atoms with Crippen LogP contribution in [0.3, 0.4) is 0 Å². The Hall–Kier alpha value is -2.68. The largest absolute Gasteiger partial charge is 0.493 e. The summed E-state index contributed by atoms with van der Waals surface area (Å²) in [6, 6.07) is 12.4. The van der Waals surface area contributed by atoms with E-state index in [0.717, 1.165) is 17.5 Å². The molecule has 1 fully saturated rings. The van der Waals surface area contributed by atoms with Gasteiger partial charge in [0, 0.05) is 24.0 Å². The highest BCUT2D eigenvalue weighted by molar-refractivity contribution is 6.30. The van der Waals surface area contributed by atoms with Crippen molar-refractivity contribution in [1.82, 2.24) is 4.90 Å². The Bertz CT molecular complexity index is 875. The lowest BCUT2D eigenvalue weighted by Gasteiger charge is -2.25. The van der Waals surface area contributed by atoms with Crippen molar-refractivity contribution in [2.75, 3.05) is 20.3 Å². The maximum atomic E-state index is 12.1. The van der Waals surface area contributed by atoms with Crippen molar-refractivity contribution in [2.24, 2.45) is 0 Å². The van der Waals surface area contributed by atoms with E-state index in [1.165, 1.54) is 0 Å². The summed E-state index contributed by atoms with van der Waals surface area (Å²) in [6.45, 7) is 1.40. The van der Waals surface area contributed by atoms with Gasteiger partial charge in [0.2, 0.25) is 0 Å². The minimum absolute atomic E-state index is 0.139. The van der Waals surface area contributed by atoms with Crippen molar-refractivity contribution in [1.29, 1.82) is 0 Å². The highest BCUT2D eigenvalue weighted by Crippen LogP contribution is 2.38. The number of carboxylic acids is 1. The van der Waals surface area contributed by atoms with Gasteiger partial charge in [0.1, 0.15) is 12.6 Å². The van der Waals surface area contributed by atoms with Gasteiger partial charge in [-0.15, -0.1) is 6.42 Å². The third-order valence-electron chi connectivity index (χ3n) is 4.98. The minimum Gasteiger partial charge on any atom is -0.493 e. The molecule has 5 nitrogen and oxygen atoms in total. The summed E-state index contributed by atoms with van der Waals surface area (Å²) in [5, 5.41) is 10.6. The van der Waals surface area contributed by atoms with Crippen molar-refractivity contribution in [3.63, 3.8) is 0 Å². The SMILES string of the molecule is C#CCOc1ccc(C2CCN(Cc3ccc(Cl)cc3)[C@@H]2C(=O)O)cc1OC. The van der Waals surface area contributed by atoms with Crippen LogP contribution in [0.25, 0.3) is 0 Å². The predicted octanol–water partition coefficient (Wildman–Crippen LogP) is 3.80. The first-order valence-corrected chi connectivity index (χ1v) is 9.36. The van der Waals surface area contributed by atoms with Crippen LogP contribution in [-0.4, -0.2) is 42.3 Å². The van der Waals surface area contributed by atoms with Crippen LogP contribution in [0.5, 0.6) is 11.5 Å². The number of benzene rings is 2. The van der Waals surface area contributed by atoms with Crippen LogP contribution < -0.4 is 9.47 Å². The Morgan fingerprint density at radius 2 is 2.04 bits per heavy atom. The lowest BCUT2D eigenvalue weighted by molar-refractivity contribution is -0.142. The normalized spacial score (nSPS) is 19.2. The lowest BCUT2D eigenvalue weighted by atomic mass is 9.91. The topological polar surface area (TPSA) is 59.0 Å². The molecule has 3 rings (SSSR count). The smallest absolute Gasteiger partial charge is 0.321 e. The van der Waals surface area contributed by atoms with Crippen LogP contribution in [0.1, 0.15) is 23.5 Å². The third-order valence-corrected chi connectivity index (χ3v) is 5.23. The third kappa shape index (κ3) is 4.41. The molecule has 28 heavy (non-hydrogen) atoms. The number of carbonyl (C=O) groups is 1. The van der Waals surface area contributed by atoms with Gasteiger partial charge in [0.25, 0.3) is 0 Å². The van der Waals surface area contributed by atoms with E-state index in [4.69, 9.17) is 27.5 Å². The molecule has 1 aliphatic rings. The van der Waals surface area contributed by atoms with Crippen molar-refractivity contribution in [3.8, 4) is 23.8 Å². The lowest BCUT2D eigenvalue weighted by Crippen LogP contribution is -2.38. The Morgan fingerprint density at radius 3 is 2.68 bits per heavy atom. The fraction of sp³-hybridized carbons (Fsp3) is 0.318. The summed E-state index contributed by atoms with van der Waals surface area (Å²) in [4.78, 5) is 14.1. The van der Waals surface area contributed by atoms with E-state index >= 15 is 0 Å². The summed E-state index contributed by atoms with van der Waals surface area (Å²) in [5.74, 6) is 2.55. The van der Waals surface area contributed by atoms with Crippen molar-refractivity contribution in [3.05, 3.63) is 58.6 Å². The predicted molar refractivity (Wildman–Crippen MR) is 108 cm³/mol. The Morgan fingerprint density at radius 1 is 1.29 bits per heavy atom. The summed E-state index contributed by atoms with van der Waals surface area (Å²) < 4.78 is 10.9. The second-order valence-corrected chi connectivity index (χ2v) is 7.11. The first-order valence-electron chi connectivity index (χ1n) is 8.99. The van der Waals surface area contributed by atoms with Gasteiger partial charge in [-0.1, -0.05) is 35.7 Å². The number of carboxylic acid groups (broad SMARTS) is 1. The molecule has 2 atom stereocenters. The maximum Gasteiger partial charge on any atom is 0.321 e. The van der Waals surface area contributed by atoms with Gasteiger partial charge in [-0.25, -0.2) is 0 Å². The Balaban J connectivity index is 1.82. The molecular formula is C22H22ClNO4. The van der Waals surface area contributed by atoms with Gasteiger partial charge in [0.05, 0.1) is 7.11 Å². The van der Waals surface area contributed by atoms with Gasteiger partial charge in [-0.3, -0.25) is 9.69 Å². The summed E-state index contributed by atoms with van der Waals surface area (Å²) in [7, 11) is 1.55. The number of likely N-dealkylation sites (tertiary alicyclic amines) is 1. The second-order valence-electron chi connectivity index (χ2n) is 6.68. The summed E-state index contributed by atoms with van der Waals surface area (Å²) in [5.41, 5.74) is 1.95.